The van der Waals surface area contributed by atoms with Gasteiger partial charge in [0, 0.05) is 18.4 Å². The van der Waals surface area contributed by atoms with Gasteiger partial charge in [-0.3, -0.25) is 4.98 Å². The lowest BCUT2D eigenvalue weighted by molar-refractivity contribution is 0.236. The van der Waals surface area contributed by atoms with Crippen molar-refractivity contribution in [3.8, 4) is 11.8 Å². The SMILES string of the molecule is CCCNCc1ccc(OCC2(CC#N)CC2)cn1. The summed E-state index contributed by atoms with van der Waals surface area (Å²) >= 11 is 0. The first-order valence-electron chi connectivity index (χ1n) is 6.93. The Morgan fingerprint density at radius 3 is 2.89 bits per heavy atom. The van der Waals surface area contributed by atoms with Crippen LogP contribution in [0.1, 0.15) is 38.3 Å². The maximum absolute atomic E-state index is 8.75. The molecule has 0 spiro atoms. The lowest BCUT2D eigenvalue weighted by atomic mass is 10.1. The lowest BCUT2D eigenvalue weighted by Crippen LogP contribution is -2.15. The van der Waals surface area contributed by atoms with E-state index in [-0.39, 0.29) is 5.41 Å². The van der Waals surface area contributed by atoms with Crippen molar-refractivity contribution in [1.29, 1.82) is 5.26 Å². The van der Waals surface area contributed by atoms with Crippen LogP contribution in [0.3, 0.4) is 0 Å². The van der Waals surface area contributed by atoms with E-state index in [2.05, 4.69) is 23.3 Å². The molecule has 0 saturated heterocycles. The molecule has 1 saturated carbocycles. The molecule has 2 rings (SSSR count). The van der Waals surface area contributed by atoms with E-state index >= 15 is 0 Å². The molecule has 4 heteroatoms. The van der Waals surface area contributed by atoms with Gasteiger partial charge in [0.25, 0.3) is 0 Å². The molecule has 0 radical (unpaired) electrons. The Morgan fingerprint density at radius 2 is 2.32 bits per heavy atom. The molecule has 4 nitrogen and oxygen atoms in total. The van der Waals surface area contributed by atoms with Gasteiger partial charge in [0.1, 0.15) is 5.75 Å². The molecule has 102 valence electrons. The van der Waals surface area contributed by atoms with Crippen LogP contribution >= 0.6 is 0 Å². The highest BCUT2D eigenvalue weighted by Gasteiger charge is 2.43. The summed E-state index contributed by atoms with van der Waals surface area (Å²) in [4.78, 5) is 4.37. The lowest BCUT2D eigenvalue weighted by Gasteiger charge is -2.12. The average Bonchev–Trinajstić information content (AvgIpc) is 3.19. The van der Waals surface area contributed by atoms with Gasteiger partial charge < -0.3 is 10.1 Å². The van der Waals surface area contributed by atoms with E-state index in [1.807, 2.05) is 12.1 Å². The number of hydrogen-bond acceptors (Lipinski definition) is 4. The number of ether oxygens (including phenoxy) is 1. The van der Waals surface area contributed by atoms with Crippen LogP contribution in [-0.2, 0) is 6.54 Å². The fourth-order valence-electron chi connectivity index (χ4n) is 1.95. The van der Waals surface area contributed by atoms with Crippen molar-refractivity contribution in [3.05, 3.63) is 24.0 Å². The minimum atomic E-state index is 0.121. The number of aromatic nitrogens is 1. The largest absolute Gasteiger partial charge is 0.491 e. The van der Waals surface area contributed by atoms with Crippen molar-refractivity contribution in [2.24, 2.45) is 5.41 Å². The minimum Gasteiger partial charge on any atom is -0.491 e. The second-order valence-corrected chi connectivity index (χ2v) is 5.29. The molecule has 1 aromatic rings. The summed E-state index contributed by atoms with van der Waals surface area (Å²) in [5, 5.41) is 12.1. The zero-order valence-corrected chi connectivity index (χ0v) is 11.5. The van der Waals surface area contributed by atoms with Crippen LogP contribution < -0.4 is 10.1 Å². The van der Waals surface area contributed by atoms with E-state index in [0.717, 1.165) is 43.8 Å². The molecule has 0 bridgehead atoms. The molecule has 1 aliphatic carbocycles. The molecule has 0 aliphatic heterocycles. The number of hydrogen-bond donors (Lipinski definition) is 1. The van der Waals surface area contributed by atoms with E-state index in [0.29, 0.717) is 13.0 Å². The van der Waals surface area contributed by atoms with E-state index in [1.165, 1.54) is 0 Å². The summed E-state index contributed by atoms with van der Waals surface area (Å²) in [7, 11) is 0. The number of nitrogens with zero attached hydrogens (tertiary/aromatic N) is 2. The van der Waals surface area contributed by atoms with Gasteiger partial charge >= 0.3 is 0 Å². The van der Waals surface area contributed by atoms with E-state index in [4.69, 9.17) is 10.00 Å². The Kier molecular flexibility index (Phi) is 4.75. The maximum atomic E-state index is 8.75. The Hall–Kier alpha value is -1.60. The molecule has 19 heavy (non-hydrogen) atoms. The van der Waals surface area contributed by atoms with Gasteiger partial charge in [-0.15, -0.1) is 0 Å². The highest BCUT2D eigenvalue weighted by atomic mass is 16.5. The van der Waals surface area contributed by atoms with Gasteiger partial charge in [0.15, 0.2) is 0 Å². The molecule has 0 aromatic carbocycles. The molecule has 1 heterocycles. The van der Waals surface area contributed by atoms with Crippen LogP contribution in [0.4, 0.5) is 0 Å². The van der Waals surface area contributed by atoms with Gasteiger partial charge in [-0.2, -0.15) is 5.26 Å². The fourth-order valence-corrected chi connectivity index (χ4v) is 1.95. The monoisotopic (exact) mass is 259 g/mol. The van der Waals surface area contributed by atoms with Crippen molar-refractivity contribution in [2.45, 2.75) is 39.2 Å². The topological polar surface area (TPSA) is 57.9 Å². The van der Waals surface area contributed by atoms with Crippen LogP contribution in [0.15, 0.2) is 18.3 Å². The average molecular weight is 259 g/mol. The number of rotatable bonds is 8. The Morgan fingerprint density at radius 1 is 1.47 bits per heavy atom. The third-order valence-electron chi connectivity index (χ3n) is 3.49. The highest BCUT2D eigenvalue weighted by molar-refractivity contribution is 5.20. The third-order valence-corrected chi connectivity index (χ3v) is 3.49. The van der Waals surface area contributed by atoms with E-state index in [9.17, 15) is 0 Å². The van der Waals surface area contributed by atoms with Gasteiger partial charge in [-0.1, -0.05) is 6.92 Å². The smallest absolute Gasteiger partial charge is 0.137 e. The van der Waals surface area contributed by atoms with Gasteiger partial charge in [0.2, 0.25) is 0 Å². The molecule has 1 fully saturated rings. The van der Waals surface area contributed by atoms with Crippen LogP contribution in [0, 0.1) is 16.7 Å². The Balaban J connectivity index is 1.77. The second-order valence-electron chi connectivity index (χ2n) is 5.29. The van der Waals surface area contributed by atoms with Gasteiger partial charge in [0.05, 0.1) is 24.6 Å². The van der Waals surface area contributed by atoms with Crippen LogP contribution in [0.5, 0.6) is 5.75 Å². The quantitative estimate of drug-likeness (QED) is 0.729. The van der Waals surface area contributed by atoms with Crippen molar-refractivity contribution in [3.63, 3.8) is 0 Å². The molecule has 1 aromatic heterocycles. The van der Waals surface area contributed by atoms with Crippen molar-refractivity contribution in [2.75, 3.05) is 13.2 Å². The molecular weight excluding hydrogens is 238 g/mol. The minimum absolute atomic E-state index is 0.121. The first kappa shape index (κ1) is 13.8. The summed E-state index contributed by atoms with van der Waals surface area (Å²) in [6, 6.07) is 6.19. The predicted octanol–water partition coefficient (Wildman–Crippen LogP) is 2.65. The summed E-state index contributed by atoms with van der Waals surface area (Å²) < 4.78 is 5.73. The molecule has 0 amide bonds. The standard InChI is InChI=1S/C15H21N3O/c1-2-9-17-10-13-3-4-14(11-18-13)19-12-15(5-6-15)7-8-16/h3-4,11,17H,2,5-7,9-10,12H2,1H3. The van der Waals surface area contributed by atoms with Crippen molar-refractivity contribution < 1.29 is 4.74 Å². The highest BCUT2D eigenvalue weighted by Crippen LogP contribution is 2.48. The Labute approximate surface area is 114 Å². The molecule has 0 unspecified atom stereocenters. The van der Waals surface area contributed by atoms with Crippen molar-refractivity contribution >= 4 is 0 Å². The summed E-state index contributed by atoms with van der Waals surface area (Å²) in [5.41, 5.74) is 1.15. The van der Waals surface area contributed by atoms with Crippen LogP contribution in [0.25, 0.3) is 0 Å². The molecule has 0 atom stereocenters. The van der Waals surface area contributed by atoms with Crippen LogP contribution in [-0.4, -0.2) is 18.1 Å². The van der Waals surface area contributed by atoms with E-state index < -0.39 is 0 Å². The second kappa shape index (κ2) is 6.53. The predicted molar refractivity (Wildman–Crippen MR) is 73.6 cm³/mol. The number of nitriles is 1. The van der Waals surface area contributed by atoms with E-state index in [1.54, 1.807) is 6.20 Å². The Bertz CT molecular complexity index is 432. The number of pyridine rings is 1. The molecule has 1 aliphatic rings. The first-order valence-corrected chi connectivity index (χ1v) is 6.93. The van der Waals surface area contributed by atoms with Gasteiger partial charge in [-0.05, 0) is 37.9 Å². The van der Waals surface area contributed by atoms with Crippen LogP contribution in [0.2, 0.25) is 0 Å². The number of nitrogens with one attached hydrogen (secondary N) is 1. The third kappa shape index (κ3) is 4.22. The first-order chi connectivity index (χ1) is 9.28. The van der Waals surface area contributed by atoms with Crippen molar-refractivity contribution in [1.82, 2.24) is 10.3 Å². The maximum Gasteiger partial charge on any atom is 0.137 e. The summed E-state index contributed by atoms with van der Waals surface area (Å²) in [6.45, 7) is 4.59. The zero-order valence-electron chi connectivity index (χ0n) is 11.5. The summed E-state index contributed by atoms with van der Waals surface area (Å²) in [6.07, 6.45) is 5.70. The normalized spacial score (nSPS) is 15.8. The molecule has 1 N–H and O–H groups in total. The zero-order chi connectivity index (χ0) is 13.6. The fraction of sp³-hybridized carbons (Fsp3) is 0.600. The molecular formula is C15H21N3O. The van der Waals surface area contributed by atoms with Gasteiger partial charge in [-0.25, -0.2) is 0 Å². The summed E-state index contributed by atoms with van der Waals surface area (Å²) in [5.74, 6) is 0.795.